The molecule has 1 aromatic carbocycles. The second-order valence-electron chi connectivity index (χ2n) is 6.16. The lowest BCUT2D eigenvalue weighted by Crippen LogP contribution is -2.10. The third-order valence-corrected chi connectivity index (χ3v) is 3.42. The van der Waals surface area contributed by atoms with Gasteiger partial charge in [0.25, 0.3) is 0 Å². The van der Waals surface area contributed by atoms with E-state index in [1.807, 2.05) is 11.7 Å². The maximum atomic E-state index is 4.54. The Morgan fingerprint density at radius 3 is 2.43 bits per heavy atom. The van der Waals surface area contributed by atoms with Crippen molar-refractivity contribution in [1.29, 1.82) is 0 Å². The number of hydrogen-bond acceptors (Lipinski definition) is 3. The summed E-state index contributed by atoms with van der Waals surface area (Å²) in [6.07, 6.45) is 2.10. The van der Waals surface area contributed by atoms with Crippen molar-refractivity contribution in [2.45, 2.75) is 32.9 Å². The van der Waals surface area contributed by atoms with Crippen molar-refractivity contribution in [3.8, 4) is 0 Å². The molecule has 1 aromatic heterocycles. The van der Waals surface area contributed by atoms with Gasteiger partial charge in [0.2, 0.25) is 0 Å². The Morgan fingerprint density at radius 1 is 1.19 bits per heavy atom. The summed E-state index contributed by atoms with van der Waals surface area (Å²) >= 11 is 0. The number of anilines is 1. The van der Waals surface area contributed by atoms with Crippen LogP contribution in [-0.4, -0.2) is 28.8 Å². The van der Waals surface area contributed by atoms with Crippen LogP contribution in [0.1, 0.15) is 36.6 Å². The van der Waals surface area contributed by atoms with E-state index in [4.69, 9.17) is 0 Å². The zero-order chi connectivity index (χ0) is 15.4. The highest BCUT2D eigenvalue weighted by Gasteiger charge is 2.10. The molecule has 0 spiro atoms. The van der Waals surface area contributed by atoms with Gasteiger partial charge < -0.3 is 10.2 Å². The van der Waals surface area contributed by atoms with Crippen molar-refractivity contribution in [1.82, 2.24) is 14.7 Å². The van der Waals surface area contributed by atoms with Crippen LogP contribution in [-0.2, 0) is 20.1 Å². The molecule has 21 heavy (non-hydrogen) atoms. The first-order chi connectivity index (χ1) is 9.95. The number of nitrogens with zero attached hydrogens (tertiary/aromatic N) is 3. The topological polar surface area (TPSA) is 33.1 Å². The fraction of sp³-hybridized carbons (Fsp3) is 0.471. The highest BCUT2D eigenvalue weighted by Crippen LogP contribution is 2.19. The average molecular weight is 286 g/mol. The molecule has 4 nitrogen and oxygen atoms in total. The fourth-order valence-corrected chi connectivity index (χ4v) is 2.47. The van der Waals surface area contributed by atoms with Crippen LogP contribution in [0.3, 0.4) is 0 Å². The van der Waals surface area contributed by atoms with Gasteiger partial charge in [0.05, 0.1) is 5.69 Å². The summed E-state index contributed by atoms with van der Waals surface area (Å²) in [5.74, 6) is 0.450. The highest BCUT2D eigenvalue weighted by molar-refractivity contribution is 5.45. The summed E-state index contributed by atoms with van der Waals surface area (Å²) in [4.78, 5) is 2.17. The number of nitrogens with one attached hydrogen (secondary N) is 1. The molecule has 114 valence electrons. The predicted octanol–water partition coefficient (Wildman–Crippen LogP) is 3.22. The van der Waals surface area contributed by atoms with E-state index in [0.717, 1.165) is 18.8 Å². The molecule has 1 heterocycles. The molecule has 0 aliphatic heterocycles. The summed E-state index contributed by atoms with van der Waals surface area (Å²) in [6.45, 7) is 6.15. The Bertz CT molecular complexity index is 567. The van der Waals surface area contributed by atoms with Crippen LogP contribution < -0.4 is 5.32 Å². The van der Waals surface area contributed by atoms with Gasteiger partial charge in [-0.15, -0.1) is 0 Å². The third-order valence-electron chi connectivity index (χ3n) is 3.42. The van der Waals surface area contributed by atoms with Gasteiger partial charge >= 0.3 is 0 Å². The fourth-order valence-electron chi connectivity index (χ4n) is 2.47. The van der Waals surface area contributed by atoms with E-state index in [0.29, 0.717) is 5.92 Å². The van der Waals surface area contributed by atoms with Crippen LogP contribution in [0.4, 0.5) is 5.69 Å². The van der Waals surface area contributed by atoms with E-state index in [9.17, 15) is 0 Å². The minimum atomic E-state index is 0.450. The molecule has 0 unspecified atom stereocenters. The van der Waals surface area contributed by atoms with E-state index in [1.165, 1.54) is 16.8 Å². The second-order valence-corrected chi connectivity index (χ2v) is 6.16. The van der Waals surface area contributed by atoms with Crippen molar-refractivity contribution in [3.05, 3.63) is 47.3 Å². The molecule has 2 rings (SSSR count). The predicted molar refractivity (Wildman–Crippen MR) is 88.5 cm³/mol. The molecule has 0 aliphatic rings. The van der Waals surface area contributed by atoms with E-state index in [2.05, 4.69) is 73.7 Å². The molecule has 0 fully saturated rings. The zero-order valence-corrected chi connectivity index (χ0v) is 13.7. The Balaban J connectivity index is 2.00. The van der Waals surface area contributed by atoms with Gasteiger partial charge in [0, 0.05) is 37.6 Å². The number of benzene rings is 1. The number of aryl methyl sites for hydroxylation is 1. The van der Waals surface area contributed by atoms with E-state index >= 15 is 0 Å². The van der Waals surface area contributed by atoms with Crippen molar-refractivity contribution >= 4 is 5.69 Å². The smallest absolute Gasteiger partial charge is 0.0699 e. The van der Waals surface area contributed by atoms with Crippen molar-refractivity contribution < 1.29 is 0 Å². The average Bonchev–Trinajstić information content (AvgIpc) is 2.79. The van der Waals surface area contributed by atoms with Crippen LogP contribution in [0, 0.1) is 0 Å². The molecule has 0 bridgehead atoms. The summed E-state index contributed by atoms with van der Waals surface area (Å²) in [5.41, 5.74) is 4.92. The van der Waals surface area contributed by atoms with E-state index in [-0.39, 0.29) is 0 Å². The van der Waals surface area contributed by atoms with Crippen molar-refractivity contribution in [3.63, 3.8) is 0 Å². The standard InChI is InChI=1S/C17H26N4/c1-13(2)17-15(12-21(5)19-17)10-18-16-8-6-14(7-9-16)11-20(3)4/h6-9,12-13,18H,10-11H2,1-5H3. The molecule has 0 radical (unpaired) electrons. The molecule has 0 saturated carbocycles. The SMILES string of the molecule is CC(C)c1nn(C)cc1CNc1ccc(CN(C)C)cc1. The lowest BCUT2D eigenvalue weighted by Gasteiger charge is -2.11. The van der Waals surface area contributed by atoms with Gasteiger partial charge in [-0.3, -0.25) is 4.68 Å². The van der Waals surface area contributed by atoms with E-state index < -0.39 is 0 Å². The van der Waals surface area contributed by atoms with Gasteiger partial charge in [0.15, 0.2) is 0 Å². The van der Waals surface area contributed by atoms with Gasteiger partial charge in [-0.1, -0.05) is 26.0 Å². The largest absolute Gasteiger partial charge is 0.381 e. The van der Waals surface area contributed by atoms with Crippen LogP contribution in [0.5, 0.6) is 0 Å². The first kappa shape index (κ1) is 15.6. The molecule has 1 N–H and O–H groups in total. The lowest BCUT2D eigenvalue weighted by molar-refractivity contribution is 0.402. The van der Waals surface area contributed by atoms with Crippen LogP contribution in [0.15, 0.2) is 30.5 Å². The molecular formula is C17H26N4. The van der Waals surface area contributed by atoms with Crippen molar-refractivity contribution in [2.24, 2.45) is 7.05 Å². The summed E-state index contributed by atoms with van der Waals surface area (Å²) in [5, 5.41) is 8.02. The Labute approximate surface area is 127 Å². The minimum absolute atomic E-state index is 0.450. The zero-order valence-electron chi connectivity index (χ0n) is 13.7. The van der Waals surface area contributed by atoms with Gasteiger partial charge in [0.1, 0.15) is 0 Å². The summed E-state index contributed by atoms with van der Waals surface area (Å²) < 4.78 is 1.90. The molecule has 0 aliphatic carbocycles. The maximum Gasteiger partial charge on any atom is 0.0699 e. The highest BCUT2D eigenvalue weighted by atomic mass is 15.3. The molecule has 0 saturated heterocycles. The van der Waals surface area contributed by atoms with Crippen LogP contribution in [0.25, 0.3) is 0 Å². The molecular weight excluding hydrogens is 260 g/mol. The number of aromatic nitrogens is 2. The Hall–Kier alpha value is -1.81. The summed E-state index contributed by atoms with van der Waals surface area (Å²) in [7, 11) is 6.15. The van der Waals surface area contributed by atoms with Gasteiger partial charge in [-0.25, -0.2) is 0 Å². The molecule has 0 amide bonds. The quantitative estimate of drug-likeness (QED) is 0.885. The first-order valence-electron chi connectivity index (χ1n) is 7.45. The van der Waals surface area contributed by atoms with E-state index in [1.54, 1.807) is 0 Å². The Morgan fingerprint density at radius 2 is 1.86 bits per heavy atom. The monoisotopic (exact) mass is 286 g/mol. The third kappa shape index (κ3) is 4.33. The van der Waals surface area contributed by atoms with Crippen LogP contribution in [0.2, 0.25) is 0 Å². The minimum Gasteiger partial charge on any atom is -0.381 e. The molecule has 4 heteroatoms. The number of rotatable bonds is 6. The summed E-state index contributed by atoms with van der Waals surface area (Å²) in [6, 6.07) is 8.64. The lowest BCUT2D eigenvalue weighted by atomic mass is 10.1. The maximum absolute atomic E-state index is 4.54. The normalized spacial score (nSPS) is 11.4. The van der Waals surface area contributed by atoms with Gasteiger partial charge in [-0.05, 0) is 37.7 Å². The first-order valence-corrected chi connectivity index (χ1v) is 7.45. The Kier molecular flexibility index (Phi) is 5.02. The van der Waals surface area contributed by atoms with Gasteiger partial charge in [-0.2, -0.15) is 5.10 Å². The van der Waals surface area contributed by atoms with Crippen molar-refractivity contribution in [2.75, 3.05) is 19.4 Å². The second kappa shape index (κ2) is 6.76. The van der Waals surface area contributed by atoms with Crippen LogP contribution >= 0.6 is 0 Å². The molecule has 2 aromatic rings. The number of hydrogen-bond donors (Lipinski definition) is 1. The molecule has 0 atom stereocenters.